The molecule has 0 atom stereocenters. The number of methoxy groups -OCH3 is 3. The van der Waals surface area contributed by atoms with Crippen LogP contribution >= 0.6 is 11.6 Å². The summed E-state index contributed by atoms with van der Waals surface area (Å²) in [6, 6.07) is 7.44. The van der Waals surface area contributed by atoms with Crippen LogP contribution in [0.5, 0.6) is 17.2 Å². The quantitative estimate of drug-likeness (QED) is 0.412. The van der Waals surface area contributed by atoms with Gasteiger partial charge in [0.15, 0.2) is 11.5 Å². The lowest BCUT2D eigenvalue weighted by molar-refractivity contribution is -0.137. The molecule has 2 aromatic carbocycles. The van der Waals surface area contributed by atoms with Crippen molar-refractivity contribution in [3.05, 3.63) is 53.2 Å². The predicted octanol–water partition coefficient (Wildman–Crippen LogP) is 4.35. The molecule has 0 aliphatic carbocycles. The molecular formula is C24H24ClF3N4O5S. The summed E-state index contributed by atoms with van der Waals surface area (Å²) in [6.07, 6.45) is -3.04. The Bertz CT molecular complexity index is 1410. The van der Waals surface area contributed by atoms with E-state index in [-0.39, 0.29) is 31.1 Å². The van der Waals surface area contributed by atoms with E-state index in [1.165, 1.54) is 25.6 Å². The van der Waals surface area contributed by atoms with Gasteiger partial charge in [-0.3, -0.25) is 0 Å². The van der Waals surface area contributed by atoms with E-state index in [0.29, 0.717) is 46.6 Å². The molecule has 0 spiro atoms. The standard InChI is InChI=1S/C24H24ClF3N4O5S/c1-35-19-12-15(13-20(36-2)22(19)37-3)18-6-7-29-23(30-18)31-8-10-32(11-9-31)38(33,34)21-5-4-16(14-17(21)25)24(26,27)28/h4-7,12-14H,8-11H2,1-3H3. The molecule has 204 valence electrons. The van der Waals surface area contributed by atoms with Crippen LogP contribution in [0.3, 0.4) is 0 Å². The summed E-state index contributed by atoms with van der Waals surface area (Å²) >= 11 is 5.94. The monoisotopic (exact) mass is 572 g/mol. The summed E-state index contributed by atoms with van der Waals surface area (Å²) in [4.78, 5) is 10.4. The van der Waals surface area contributed by atoms with Crippen LogP contribution in [0.25, 0.3) is 11.3 Å². The molecule has 0 radical (unpaired) electrons. The van der Waals surface area contributed by atoms with E-state index in [9.17, 15) is 21.6 Å². The number of sulfonamides is 1. The third-order valence-electron chi connectivity index (χ3n) is 6.00. The van der Waals surface area contributed by atoms with Gasteiger partial charge in [0.2, 0.25) is 21.7 Å². The smallest absolute Gasteiger partial charge is 0.416 e. The number of nitrogens with zero attached hydrogens (tertiary/aromatic N) is 4. The van der Waals surface area contributed by atoms with Crippen molar-refractivity contribution < 1.29 is 35.8 Å². The first-order valence-corrected chi connectivity index (χ1v) is 13.1. The Morgan fingerprint density at radius 1 is 0.921 bits per heavy atom. The normalized spacial score (nSPS) is 14.9. The molecule has 0 unspecified atom stereocenters. The molecule has 1 aliphatic rings. The number of piperazine rings is 1. The molecule has 14 heteroatoms. The fraction of sp³-hybridized carbons (Fsp3) is 0.333. The number of rotatable bonds is 7. The predicted molar refractivity (Wildman–Crippen MR) is 135 cm³/mol. The molecule has 1 fully saturated rings. The zero-order valence-electron chi connectivity index (χ0n) is 20.6. The lowest BCUT2D eigenvalue weighted by Crippen LogP contribution is -2.49. The van der Waals surface area contributed by atoms with Crippen LogP contribution in [0.15, 0.2) is 47.5 Å². The molecule has 4 rings (SSSR count). The maximum Gasteiger partial charge on any atom is 0.416 e. The van der Waals surface area contributed by atoms with Gasteiger partial charge in [-0.25, -0.2) is 18.4 Å². The van der Waals surface area contributed by atoms with Gasteiger partial charge in [0.05, 0.1) is 37.6 Å². The van der Waals surface area contributed by atoms with Crippen molar-refractivity contribution in [2.75, 3.05) is 52.4 Å². The summed E-state index contributed by atoms with van der Waals surface area (Å²) < 4.78 is 82.4. The van der Waals surface area contributed by atoms with Gasteiger partial charge in [0.1, 0.15) is 4.90 Å². The first kappa shape index (κ1) is 27.7. The summed E-state index contributed by atoms with van der Waals surface area (Å²) in [6.45, 7) is 0.654. The molecular weight excluding hydrogens is 549 g/mol. The van der Waals surface area contributed by atoms with E-state index in [2.05, 4.69) is 9.97 Å². The zero-order valence-corrected chi connectivity index (χ0v) is 22.2. The first-order chi connectivity index (χ1) is 18.0. The van der Waals surface area contributed by atoms with E-state index in [1.54, 1.807) is 24.4 Å². The minimum absolute atomic E-state index is 0.0669. The van der Waals surface area contributed by atoms with Crippen LogP contribution in [0, 0.1) is 0 Å². The number of aromatic nitrogens is 2. The Hall–Kier alpha value is -3.29. The minimum Gasteiger partial charge on any atom is -0.493 e. The van der Waals surface area contributed by atoms with E-state index >= 15 is 0 Å². The lowest BCUT2D eigenvalue weighted by atomic mass is 10.1. The van der Waals surface area contributed by atoms with Crippen molar-refractivity contribution in [1.82, 2.24) is 14.3 Å². The van der Waals surface area contributed by atoms with Gasteiger partial charge in [-0.15, -0.1) is 0 Å². The number of ether oxygens (including phenoxy) is 3. The van der Waals surface area contributed by atoms with Crippen LogP contribution < -0.4 is 19.1 Å². The first-order valence-electron chi connectivity index (χ1n) is 11.2. The topological polar surface area (TPSA) is 94.1 Å². The fourth-order valence-electron chi connectivity index (χ4n) is 4.04. The molecule has 0 saturated carbocycles. The number of anilines is 1. The average molecular weight is 573 g/mol. The SMILES string of the molecule is COc1cc(-c2ccnc(N3CCN(S(=O)(=O)c4ccc(C(F)(F)F)cc4Cl)CC3)n2)cc(OC)c1OC. The molecule has 0 bridgehead atoms. The van der Waals surface area contributed by atoms with E-state index in [4.69, 9.17) is 25.8 Å². The van der Waals surface area contributed by atoms with Crippen LogP contribution in [-0.2, 0) is 16.2 Å². The van der Waals surface area contributed by atoms with Crippen molar-refractivity contribution in [1.29, 1.82) is 0 Å². The second-order valence-corrected chi connectivity index (χ2v) is 10.5. The van der Waals surface area contributed by atoms with Crippen molar-refractivity contribution in [2.24, 2.45) is 0 Å². The number of benzene rings is 2. The van der Waals surface area contributed by atoms with Crippen LogP contribution in [0.2, 0.25) is 5.02 Å². The van der Waals surface area contributed by atoms with Crippen LogP contribution in [0.1, 0.15) is 5.56 Å². The number of hydrogen-bond acceptors (Lipinski definition) is 8. The maximum atomic E-state index is 13.1. The van der Waals surface area contributed by atoms with Gasteiger partial charge in [-0.2, -0.15) is 17.5 Å². The summed E-state index contributed by atoms with van der Waals surface area (Å²) in [5, 5.41) is -0.483. The Kier molecular flexibility index (Phi) is 7.90. The molecule has 1 aliphatic heterocycles. The summed E-state index contributed by atoms with van der Waals surface area (Å²) in [5.41, 5.74) is 0.262. The zero-order chi connectivity index (χ0) is 27.7. The highest BCUT2D eigenvalue weighted by Gasteiger charge is 2.34. The third-order valence-corrected chi connectivity index (χ3v) is 8.38. The van der Waals surface area contributed by atoms with Crippen molar-refractivity contribution >= 4 is 27.6 Å². The van der Waals surface area contributed by atoms with Gasteiger partial charge < -0.3 is 19.1 Å². The molecule has 38 heavy (non-hydrogen) atoms. The Labute approximate surface area is 222 Å². The van der Waals surface area contributed by atoms with E-state index in [0.717, 1.165) is 6.07 Å². The van der Waals surface area contributed by atoms with Crippen molar-refractivity contribution in [3.8, 4) is 28.5 Å². The van der Waals surface area contributed by atoms with Gasteiger partial charge in [-0.1, -0.05) is 11.6 Å². The fourth-order valence-corrected chi connectivity index (χ4v) is 5.99. The van der Waals surface area contributed by atoms with Gasteiger partial charge >= 0.3 is 6.18 Å². The van der Waals surface area contributed by atoms with Crippen LogP contribution in [0.4, 0.5) is 19.1 Å². The molecule has 1 aromatic heterocycles. The number of alkyl halides is 3. The number of halogens is 4. The Morgan fingerprint density at radius 3 is 2.08 bits per heavy atom. The van der Waals surface area contributed by atoms with Crippen molar-refractivity contribution in [3.63, 3.8) is 0 Å². The van der Waals surface area contributed by atoms with Gasteiger partial charge in [-0.05, 0) is 36.4 Å². The minimum atomic E-state index is -4.63. The Morgan fingerprint density at radius 2 is 1.55 bits per heavy atom. The second kappa shape index (κ2) is 10.8. The highest BCUT2D eigenvalue weighted by Crippen LogP contribution is 2.41. The van der Waals surface area contributed by atoms with Crippen molar-refractivity contribution in [2.45, 2.75) is 11.1 Å². The average Bonchev–Trinajstić information content (AvgIpc) is 2.91. The van der Waals surface area contributed by atoms with E-state index in [1.807, 2.05) is 4.90 Å². The van der Waals surface area contributed by atoms with E-state index < -0.39 is 26.8 Å². The highest BCUT2D eigenvalue weighted by atomic mass is 35.5. The lowest BCUT2D eigenvalue weighted by Gasteiger charge is -2.34. The highest BCUT2D eigenvalue weighted by molar-refractivity contribution is 7.89. The second-order valence-electron chi connectivity index (χ2n) is 8.19. The maximum absolute atomic E-state index is 13.1. The summed E-state index contributed by atoms with van der Waals surface area (Å²) in [5.74, 6) is 1.75. The van der Waals surface area contributed by atoms with Gasteiger partial charge in [0, 0.05) is 37.9 Å². The molecule has 3 aromatic rings. The van der Waals surface area contributed by atoms with Gasteiger partial charge in [0.25, 0.3) is 0 Å². The Balaban J connectivity index is 1.53. The molecule has 2 heterocycles. The molecule has 1 saturated heterocycles. The molecule has 0 amide bonds. The van der Waals surface area contributed by atoms with Crippen LogP contribution in [-0.4, -0.2) is 70.2 Å². The molecule has 0 N–H and O–H groups in total. The third kappa shape index (κ3) is 5.45. The largest absolute Gasteiger partial charge is 0.493 e. The summed E-state index contributed by atoms with van der Waals surface area (Å²) in [7, 11) is 0.425. The molecule has 9 nitrogen and oxygen atoms in total. The number of hydrogen-bond donors (Lipinski definition) is 0.